The lowest BCUT2D eigenvalue weighted by Gasteiger charge is -2.04. The summed E-state index contributed by atoms with van der Waals surface area (Å²) in [6, 6.07) is 3.94. The SMILES string of the molecule is CC/C(C#N)=C(/N)c1sccc1OC. The summed E-state index contributed by atoms with van der Waals surface area (Å²) >= 11 is 1.48. The molecule has 0 atom stereocenters. The predicted molar refractivity (Wildman–Crippen MR) is 57.9 cm³/mol. The van der Waals surface area contributed by atoms with Crippen LogP contribution in [0.1, 0.15) is 18.2 Å². The fraction of sp³-hybridized carbons (Fsp3) is 0.300. The number of hydrogen-bond donors (Lipinski definition) is 1. The van der Waals surface area contributed by atoms with Crippen molar-refractivity contribution in [3.05, 3.63) is 21.9 Å². The first-order valence-corrected chi connectivity index (χ1v) is 5.13. The van der Waals surface area contributed by atoms with Crippen molar-refractivity contribution < 1.29 is 4.74 Å². The molecule has 0 bridgehead atoms. The van der Waals surface area contributed by atoms with Gasteiger partial charge in [0.1, 0.15) is 5.75 Å². The molecule has 74 valence electrons. The maximum atomic E-state index is 8.83. The fourth-order valence-corrected chi connectivity index (χ4v) is 1.97. The molecule has 0 aliphatic rings. The number of thiophene rings is 1. The van der Waals surface area contributed by atoms with Crippen LogP contribution in [-0.2, 0) is 0 Å². The van der Waals surface area contributed by atoms with Crippen LogP contribution in [0.3, 0.4) is 0 Å². The van der Waals surface area contributed by atoms with Crippen LogP contribution in [-0.4, -0.2) is 7.11 Å². The van der Waals surface area contributed by atoms with Gasteiger partial charge in [-0.1, -0.05) is 6.92 Å². The Morgan fingerprint density at radius 1 is 1.71 bits per heavy atom. The predicted octanol–water partition coefficient (Wildman–Crippen LogP) is 2.36. The maximum Gasteiger partial charge on any atom is 0.138 e. The van der Waals surface area contributed by atoms with Gasteiger partial charge in [0.25, 0.3) is 0 Å². The van der Waals surface area contributed by atoms with Crippen molar-refractivity contribution in [1.29, 1.82) is 5.26 Å². The number of allylic oxidation sites excluding steroid dienone is 1. The summed E-state index contributed by atoms with van der Waals surface area (Å²) in [5.74, 6) is 0.730. The summed E-state index contributed by atoms with van der Waals surface area (Å²) in [6.07, 6.45) is 0.642. The molecule has 1 aromatic rings. The van der Waals surface area contributed by atoms with Gasteiger partial charge >= 0.3 is 0 Å². The van der Waals surface area contributed by atoms with E-state index in [-0.39, 0.29) is 0 Å². The van der Waals surface area contributed by atoms with E-state index >= 15 is 0 Å². The molecule has 0 amide bonds. The second-order valence-electron chi connectivity index (χ2n) is 2.68. The van der Waals surface area contributed by atoms with E-state index in [1.54, 1.807) is 7.11 Å². The molecule has 0 spiro atoms. The standard InChI is InChI=1S/C10H12N2OS/c1-3-7(6-11)9(12)10-8(13-2)4-5-14-10/h4-5H,3,12H2,1-2H3/b9-7-. The Labute approximate surface area is 87.4 Å². The summed E-state index contributed by atoms with van der Waals surface area (Å²) in [6.45, 7) is 1.91. The van der Waals surface area contributed by atoms with Gasteiger partial charge in [0, 0.05) is 0 Å². The Morgan fingerprint density at radius 2 is 2.43 bits per heavy atom. The first-order valence-electron chi connectivity index (χ1n) is 4.25. The lowest BCUT2D eigenvalue weighted by atomic mass is 10.1. The number of methoxy groups -OCH3 is 1. The quantitative estimate of drug-likeness (QED) is 0.776. The summed E-state index contributed by atoms with van der Waals surface area (Å²) in [4.78, 5) is 0.839. The number of hydrogen-bond acceptors (Lipinski definition) is 4. The minimum atomic E-state index is 0.529. The van der Waals surface area contributed by atoms with E-state index in [1.165, 1.54) is 11.3 Å². The smallest absolute Gasteiger partial charge is 0.138 e. The summed E-state index contributed by atoms with van der Waals surface area (Å²) in [7, 11) is 1.59. The molecular weight excluding hydrogens is 196 g/mol. The lowest BCUT2D eigenvalue weighted by molar-refractivity contribution is 0.415. The van der Waals surface area contributed by atoms with Gasteiger partial charge in [-0.2, -0.15) is 5.26 Å². The van der Waals surface area contributed by atoms with E-state index < -0.39 is 0 Å². The van der Waals surface area contributed by atoms with Crippen LogP contribution in [0.2, 0.25) is 0 Å². The zero-order chi connectivity index (χ0) is 10.6. The molecule has 0 radical (unpaired) electrons. The van der Waals surface area contributed by atoms with Crippen LogP contribution in [0.15, 0.2) is 17.0 Å². The van der Waals surface area contributed by atoms with E-state index in [0.29, 0.717) is 17.7 Å². The Morgan fingerprint density at radius 3 is 2.93 bits per heavy atom. The summed E-state index contributed by atoms with van der Waals surface area (Å²) in [5, 5.41) is 10.7. The highest BCUT2D eigenvalue weighted by Gasteiger charge is 2.10. The van der Waals surface area contributed by atoms with Gasteiger partial charge in [-0.25, -0.2) is 0 Å². The van der Waals surface area contributed by atoms with Gasteiger partial charge in [0.05, 0.1) is 29.3 Å². The molecule has 1 rings (SSSR count). The Bertz CT molecular complexity index is 387. The third-order valence-electron chi connectivity index (χ3n) is 1.91. The molecule has 0 aliphatic carbocycles. The number of nitrogens with zero attached hydrogens (tertiary/aromatic N) is 1. The lowest BCUT2D eigenvalue weighted by Crippen LogP contribution is -2.00. The van der Waals surface area contributed by atoms with Crippen LogP contribution in [0.5, 0.6) is 5.75 Å². The molecule has 1 heterocycles. The van der Waals surface area contributed by atoms with Gasteiger partial charge in [0.15, 0.2) is 0 Å². The fourth-order valence-electron chi connectivity index (χ4n) is 1.12. The molecule has 4 heteroatoms. The molecule has 1 aromatic heterocycles. The summed E-state index contributed by atoms with van der Waals surface area (Å²) < 4.78 is 5.13. The molecule has 0 fully saturated rings. The van der Waals surface area contributed by atoms with Crippen molar-refractivity contribution in [2.75, 3.05) is 7.11 Å². The Kier molecular flexibility index (Phi) is 3.55. The van der Waals surface area contributed by atoms with E-state index in [2.05, 4.69) is 6.07 Å². The van der Waals surface area contributed by atoms with Gasteiger partial charge in [-0.05, 0) is 17.9 Å². The third-order valence-corrected chi connectivity index (χ3v) is 2.84. The van der Waals surface area contributed by atoms with Gasteiger partial charge in [-0.15, -0.1) is 11.3 Å². The Balaban J connectivity index is 3.17. The Hall–Kier alpha value is -1.47. The van der Waals surface area contributed by atoms with Crippen LogP contribution in [0.25, 0.3) is 5.70 Å². The van der Waals surface area contributed by atoms with Crippen LogP contribution in [0.4, 0.5) is 0 Å². The second-order valence-corrected chi connectivity index (χ2v) is 3.59. The van der Waals surface area contributed by atoms with E-state index in [0.717, 1.165) is 10.6 Å². The highest BCUT2D eigenvalue weighted by Crippen LogP contribution is 2.30. The van der Waals surface area contributed by atoms with Crippen molar-refractivity contribution in [3.8, 4) is 11.8 Å². The number of nitriles is 1. The van der Waals surface area contributed by atoms with E-state index in [4.69, 9.17) is 15.7 Å². The minimum Gasteiger partial charge on any atom is -0.495 e. The zero-order valence-electron chi connectivity index (χ0n) is 8.20. The van der Waals surface area contributed by atoms with Crippen molar-refractivity contribution in [1.82, 2.24) is 0 Å². The topological polar surface area (TPSA) is 59.0 Å². The average Bonchev–Trinajstić information content (AvgIpc) is 2.67. The van der Waals surface area contributed by atoms with Crippen molar-refractivity contribution in [2.24, 2.45) is 5.73 Å². The normalized spacial score (nSPS) is 11.8. The molecular formula is C10H12N2OS. The number of ether oxygens (including phenoxy) is 1. The highest BCUT2D eigenvalue weighted by atomic mass is 32.1. The largest absolute Gasteiger partial charge is 0.495 e. The molecule has 0 unspecified atom stereocenters. The molecule has 0 aliphatic heterocycles. The summed E-state index contributed by atoms with van der Waals surface area (Å²) in [5.41, 5.74) is 7.00. The van der Waals surface area contributed by atoms with Crippen LogP contribution < -0.4 is 10.5 Å². The minimum absolute atomic E-state index is 0.529. The first-order chi connectivity index (χ1) is 6.74. The third kappa shape index (κ3) is 1.88. The van der Waals surface area contributed by atoms with Gasteiger partial charge < -0.3 is 10.5 Å². The highest BCUT2D eigenvalue weighted by molar-refractivity contribution is 7.11. The maximum absolute atomic E-state index is 8.83. The van der Waals surface area contributed by atoms with Crippen molar-refractivity contribution >= 4 is 17.0 Å². The van der Waals surface area contributed by atoms with Crippen molar-refractivity contribution in [3.63, 3.8) is 0 Å². The molecule has 3 nitrogen and oxygen atoms in total. The molecule has 14 heavy (non-hydrogen) atoms. The van der Waals surface area contributed by atoms with Crippen molar-refractivity contribution in [2.45, 2.75) is 13.3 Å². The molecule has 0 aromatic carbocycles. The van der Waals surface area contributed by atoms with Crippen LogP contribution >= 0.6 is 11.3 Å². The van der Waals surface area contributed by atoms with Gasteiger partial charge in [0.2, 0.25) is 0 Å². The van der Waals surface area contributed by atoms with Gasteiger partial charge in [-0.3, -0.25) is 0 Å². The molecule has 0 saturated heterocycles. The molecule has 2 N–H and O–H groups in total. The number of nitrogens with two attached hydrogens (primary N) is 1. The van der Waals surface area contributed by atoms with E-state index in [9.17, 15) is 0 Å². The average molecular weight is 208 g/mol. The van der Waals surface area contributed by atoms with E-state index in [1.807, 2.05) is 18.4 Å². The number of rotatable bonds is 3. The monoisotopic (exact) mass is 208 g/mol. The van der Waals surface area contributed by atoms with Crippen LogP contribution in [0, 0.1) is 11.3 Å². The zero-order valence-corrected chi connectivity index (χ0v) is 9.02. The first kappa shape index (κ1) is 10.6. The molecule has 0 saturated carbocycles. The second kappa shape index (κ2) is 4.68.